The lowest BCUT2D eigenvalue weighted by Crippen LogP contribution is -2.41. The molecule has 2 saturated heterocycles. The molecule has 3 heterocycles. The second-order valence-corrected chi connectivity index (χ2v) is 7.96. The fourth-order valence-corrected chi connectivity index (χ4v) is 5.67. The van der Waals surface area contributed by atoms with Crippen LogP contribution in [0, 0.1) is 17.8 Å². The molecule has 4 bridgehead atoms. The number of hydrogen-bond donors (Lipinski definition) is 0. The summed E-state index contributed by atoms with van der Waals surface area (Å²) in [6.07, 6.45) is 7.10. The van der Waals surface area contributed by atoms with Crippen molar-refractivity contribution in [3.63, 3.8) is 0 Å². The zero-order chi connectivity index (χ0) is 13.3. The van der Waals surface area contributed by atoms with Crippen LogP contribution in [0.5, 0.6) is 0 Å². The van der Waals surface area contributed by atoms with Gasteiger partial charge in [-0.3, -0.25) is 0 Å². The Labute approximate surface area is 128 Å². The van der Waals surface area contributed by atoms with Crippen LogP contribution in [0.25, 0.3) is 0 Å². The molecule has 6 rings (SSSR count). The molecule has 3 heteroatoms. The largest absolute Gasteiger partial charge is 0.352 e. The summed E-state index contributed by atoms with van der Waals surface area (Å²) in [6, 6.07) is 7.27. The predicted octanol–water partition coefficient (Wildman–Crippen LogP) is 4.50. The number of nitrogens with zero attached hydrogens (tertiary/aromatic N) is 2. The molecule has 2 unspecified atom stereocenters. The van der Waals surface area contributed by atoms with Gasteiger partial charge in [-0.05, 0) is 71.5 Å². The van der Waals surface area contributed by atoms with Gasteiger partial charge in [-0.25, -0.2) is 4.99 Å². The number of hydrogen-bond acceptors (Lipinski definition) is 2. The number of amidine groups is 1. The number of rotatable bonds is 0. The van der Waals surface area contributed by atoms with Crippen LogP contribution in [-0.2, 0) is 6.54 Å². The molecule has 20 heavy (non-hydrogen) atoms. The van der Waals surface area contributed by atoms with Gasteiger partial charge in [0.2, 0.25) is 0 Å². The highest BCUT2D eigenvalue weighted by molar-refractivity contribution is 9.10. The Bertz CT molecular complexity index is 595. The van der Waals surface area contributed by atoms with E-state index < -0.39 is 0 Å². The molecule has 1 aromatic carbocycles. The summed E-state index contributed by atoms with van der Waals surface area (Å²) < 4.78 is 1.16. The van der Waals surface area contributed by atoms with Crippen molar-refractivity contribution in [2.24, 2.45) is 22.7 Å². The number of benzene rings is 1. The topological polar surface area (TPSA) is 15.6 Å². The normalized spacial score (nSPS) is 37.2. The molecule has 3 aliphatic heterocycles. The van der Waals surface area contributed by atoms with Crippen LogP contribution in [0.2, 0.25) is 0 Å². The minimum absolute atomic E-state index is 0.728. The van der Waals surface area contributed by atoms with Gasteiger partial charge in [-0.15, -0.1) is 0 Å². The first-order chi connectivity index (χ1) is 9.78. The van der Waals surface area contributed by atoms with Crippen molar-refractivity contribution in [2.45, 2.75) is 44.7 Å². The molecular formula is C17H19BrN2. The van der Waals surface area contributed by atoms with E-state index in [1.54, 1.807) is 0 Å². The van der Waals surface area contributed by atoms with E-state index in [1.807, 2.05) is 0 Å². The van der Waals surface area contributed by atoms with E-state index in [9.17, 15) is 0 Å². The Morgan fingerprint density at radius 3 is 2.65 bits per heavy atom. The standard InChI is InChI=1S/C17H19BrN2/c18-15-3-1-2-12-9-20-14-7-10-4-11(8-14)6-13(5-10)17(20)19-16(12)15/h1-3,10-11,13-14H,4-9H2. The van der Waals surface area contributed by atoms with E-state index in [2.05, 4.69) is 39.0 Å². The third-order valence-electron chi connectivity index (χ3n) is 5.85. The lowest BCUT2D eigenvalue weighted by Gasteiger charge is -2.39. The van der Waals surface area contributed by atoms with Crippen LogP contribution in [0.15, 0.2) is 27.7 Å². The summed E-state index contributed by atoms with van der Waals surface area (Å²) in [4.78, 5) is 7.79. The zero-order valence-electron chi connectivity index (χ0n) is 11.6. The van der Waals surface area contributed by atoms with E-state index in [0.29, 0.717) is 0 Å². The zero-order valence-corrected chi connectivity index (χ0v) is 13.1. The molecule has 2 aliphatic carbocycles. The summed E-state index contributed by atoms with van der Waals surface area (Å²) in [6.45, 7) is 1.08. The predicted molar refractivity (Wildman–Crippen MR) is 84.1 cm³/mol. The molecule has 2 saturated carbocycles. The third-order valence-corrected chi connectivity index (χ3v) is 6.49. The number of fused-ring (bicyclic) bond motifs is 1. The van der Waals surface area contributed by atoms with Gasteiger partial charge in [0.25, 0.3) is 0 Å². The van der Waals surface area contributed by atoms with E-state index >= 15 is 0 Å². The minimum atomic E-state index is 0.728. The van der Waals surface area contributed by atoms with Crippen molar-refractivity contribution in [3.8, 4) is 0 Å². The Kier molecular flexibility index (Phi) is 2.41. The quantitative estimate of drug-likeness (QED) is 0.683. The maximum absolute atomic E-state index is 5.12. The van der Waals surface area contributed by atoms with Crippen molar-refractivity contribution in [3.05, 3.63) is 28.2 Å². The molecule has 2 nitrogen and oxygen atoms in total. The van der Waals surface area contributed by atoms with Gasteiger partial charge in [0.1, 0.15) is 5.84 Å². The molecular weight excluding hydrogens is 312 g/mol. The average molecular weight is 331 g/mol. The Morgan fingerprint density at radius 1 is 1.05 bits per heavy atom. The van der Waals surface area contributed by atoms with Gasteiger partial charge < -0.3 is 4.90 Å². The molecule has 0 amide bonds. The van der Waals surface area contributed by atoms with Crippen LogP contribution in [0.3, 0.4) is 0 Å². The summed E-state index contributed by atoms with van der Waals surface area (Å²) >= 11 is 3.69. The van der Waals surface area contributed by atoms with Crippen LogP contribution < -0.4 is 0 Å². The first-order valence-electron chi connectivity index (χ1n) is 7.90. The summed E-state index contributed by atoms with van der Waals surface area (Å²) in [5, 5.41) is 0. The summed E-state index contributed by atoms with van der Waals surface area (Å²) in [5.74, 6) is 4.08. The molecule has 0 N–H and O–H groups in total. The lowest BCUT2D eigenvalue weighted by molar-refractivity contribution is 0.128. The minimum Gasteiger partial charge on any atom is -0.352 e. The average Bonchev–Trinajstić information content (AvgIpc) is 2.60. The highest BCUT2D eigenvalue weighted by atomic mass is 79.9. The number of aliphatic imine (C=N–C) groups is 1. The van der Waals surface area contributed by atoms with Gasteiger partial charge in [0.05, 0.1) is 5.69 Å². The van der Waals surface area contributed by atoms with E-state index in [4.69, 9.17) is 4.99 Å². The molecule has 4 fully saturated rings. The molecule has 0 spiro atoms. The van der Waals surface area contributed by atoms with Crippen molar-refractivity contribution in [2.75, 3.05) is 0 Å². The smallest absolute Gasteiger partial charge is 0.109 e. The van der Waals surface area contributed by atoms with E-state index in [0.717, 1.165) is 34.8 Å². The van der Waals surface area contributed by atoms with Gasteiger partial charge in [0.15, 0.2) is 0 Å². The van der Waals surface area contributed by atoms with Crippen LogP contribution in [-0.4, -0.2) is 16.8 Å². The molecule has 1 aromatic rings. The van der Waals surface area contributed by atoms with Gasteiger partial charge in [-0.2, -0.15) is 0 Å². The first kappa shape index (κ1) is 11.8. The molecule has 0 aromatic heterocycles. The van der Waals surface area contributed by atoms with Gasteiger partial charge in [-0.1, -0.05) is 12.1 Å². The Hall–Kier alpha value is -0.830. The lowest BCUT2D eigenvalue weighted by atomic mass is 9.68. The van der Waals surface area contributed by atoms with Crippen molar-refractivity contribution in [1.29, 1.82) is 0 Å². The number of para-hydroxylation sites is 1. The maximum atomic E-state index is 5.12. The fourth-order valence-electron chi connectivity index (χ4n) is 5.18. The summed E-state index contributed by atoms with van der Waals surface area (Å²) in [5.41, 5.74) is 2.59. The van der Waals surface area contributed by atoms with Gasteiger partial charge in [0, 0.05) is 23.0 Å². The van der Waals surface area contributed by atoms with E-state index in [-0.39, 0.29) is 0 Å². The van der Waals surface area contributed by atoms with Crippen LogP contribution in [0.4, 0.5) is 5.69 Å². The molecule has 104 valence electrons. The SMILES string of the molecule is Brc1cccc2c1N=C1C3CC4CC(C3)CC(C4)N1C2. The molecule has 2 atom stereocenters. The highest BCUT2D eigenvalue weighted by Crippen LogP contribution is 2.50. The third kappa shape index (κ3) is 1.59. The Morgan fingerprint density at radius 2 is 1.85 bits per heavy atom. The van der Waals surface area contributed by atoms with Crippen LogP contribution >= 0.6 is 15.9 Å². The number of halogens is 1. The van der Waals surface area contributed by atoms with Crippen LogP contribution in [0.1, 0.15) is 37.7 Å². The molecule has 0 radical (unpaired) electrons. The highest BCUT2D eigenvalue weighted by Gasteiger charge is 2.46. The van der Waals surface area contributed by atoms with Crippen molar-refractivity contribution in [1.82, 2.24) is 4.90 Å². The molecule has 5 aliphatic rings. The van der Waals surface area contributed by atoms with Crippen molar-refractivity contribution >= 4 is 27.5 Å². The fraction of sp³-hybridized carbons (Fsp3) is 0.588. The first-order valence-corrected chi connectivity index (χ1v) is 8.70. The second kappa shape index (κ2) is 4.09. The summed E-state index contributed by atoms with van der Waals surface area (Å²) in [7, 11) is 0. The second-order valence-electron chi connectivity index (χ2n) is 7.11. The monoisotopic (exact) mass is 330 g/mol. The maximum Gasteiger partial charge on any atom is 0.109 e. The van der Waals surface area contributed by atoms with Crippen molar-refractivity contribution < 1.29 is 0 Å². The Balaban J connectivity index is 1.66. The van der Waals surface area contributed by atoms with Gasteiger partial charge >= 0.3 is 0 Å². The van der Waals surface area contributed by atoms with E-state index in [1.165, 1.54) is 49.2 Å².